The maximum absolute atomic E-state index is 2.40. The zero-order valence-corrected chi connectivity index (χ0v) is 23.9. The van der Waals surface area contributed by atoms with Crippen LogP contribution in [0, 0.1) is 3.80 Å². The molecular formula is C24H29I2N3Pt. The van der Waals surface area contributed by atoms with Crippen LogP contribution in [0.4, 0.5) is 0 Å². The summed E-state index contributed by atoms with van der Waals surface area (Å²) in [7, 11) is 2.09. The number of hydrogen-bond donors (Lipinski definition) is 0. The van der Waals surface area contributed by atoms with Crippen molar-refractivity contribution in [2.75, 3.05) is 0 Å². The fourth-order valence-electron chi connectivity index (χ4n) is 3.79. The number of rotatable bonds is 4. The van der Waals surface area contributed by atoms with Crippen LogP contribution in [0.15, 0.2) is 66.9 Å². The van der Waals surface area contributed by atoms with Crippen molar-refractivity contribution >= 4 is 45.7 Å². The van der Waals surface area contributed by atoms with E-state index < -0.39 is 0 Å². The van der Waals surface area contributed by atoms with Crippen LogP contribution in [0.3, 0.4) is 0 Å². The number of hydrogen-bond acceptors (Lipinski definition) is 1. The van der Waals surface area contributed by atoms with Crippen molar-refractivity contribution < 1.29 is 19.4 Å². The zero-order valence-electron chi connectivity index (χ0n) is 17.3. The first kappa shape index (κ1) is 24.4. The Balaban J connectivity index is 0.000000216. The summed E-state index contributed by atoms with van der Waals surface area (Å²) < 4.78 is 8.08. The van der Waals surface area contributed by atoms with E-state index in [4.69, 9.17) is 0 Å². The van der Waals surface area contributed by atoms with Gasteiger partial charge in [0.25, 0.3) is 0 Å². The molecule has 0 amide bonds. The van der Waals surface area contributed by atoms with Crippen molar-refractivity contribution in [1.29, 1.82) is 0 Å². The van der Waals surface area contributed by atoms with Crippen LogP contribution in [0.2, 0.25) is 0 Å². The van der Waals surface area contributed by atoms with Gasteiger partial charge in [-0.25, -0.2) is 0 Å². The molecule has 0 atom stereocenters. The summed E-state index contributed by atoms with van der Waals surface area (Å²) in [4.78, 5) is 0. The number of aromatic nitrogens is 2. The Morgan fingerprint density at radius 3 is 2.03 bits per heavy atom. The number of benzene rings is 2. The smallest absolute Gasteiger partial charge is 0.0311 e. The molecule has 0 radical (unpaired) electrons. The molecule has 3 aromatic rings. The predicted octanol–water partition coefficient (Wildman–Crippen LogP) is 7.33. The van der Waals surface area contributed by atoms with Crippen molar-refractivity contribution in [3.63, 3.8) is 0 Å². The van der Waals surface area contributed by atoms with E-state index in [-0.39, 0.29) is 0 Å². The Kier molecular flexibility index (Phi) is 10.3. The summed E-state index contributed by atoms with van der Waals surface area (Å²) in [6, 6.07) is 22.0. The van der Waals surface area contributed by atoms with Gasteiger partial charge in [0.2, 0.25) is 0 Å². The van der Waals surface area contributed by atoms with E-state index >= 15 is 0 Å². The normalized spacial score (nSPS) is 14.9. The number of halogens is 2. The Morgan fingerprint density at radius 2 is 1.47 bits per heavy atom. The van der Waals surface area contributed by atoms with Gasteiger partial charge in [-0.3, -0.25) is 0 Å². The topological polar surface area (TPSA) is 13.1 Å². The second kappa shape index (κ2) is 12.7. The molecule has 1 saturated carbocycles. The first-order chi connectivity index (χ1) is 14.6. The molecule has 1 aliphatic rings. The minimum atomic E-state index is 0.851. The molecule has 4 rings (SSSR count). The summed E-state index contributed by atoms with van der Waals surface area (Å²) in [5.74, 6) is 0. The van der Waals surface area contributed by atoms with Crippen LogP contribution in [0.5, 0.6) is 0 Å². The standard InChI is InChI=1S/C17H16N2.C7H13I2N.Pt/c1-18-13-17(16-10-6-3-7-11-16)19(14-18)12-15-8-4-2-5-9-15;8-10(9)7-5-3-1-2-4-6-7;/h2-11,13H,12H2,1H3;7H,1-6H2;. The molecule has 1 aromatic heterocycles. The molecule has 2 aromatic carbocycles. The van der Waals surface area contributed by atoms with Gasteiger partial charge in [-0.2, -0.15) is 1.33 Å². The average molecular weight is 808 g/mol. The van der Waals surface area contributed by atoms with Gasteiger partial charge in [-0.15, -0.1) is 0 Å². The molecule has 30 heavy (non-hydrogen) atoms. The van der Waals surface area contributed by atoms with Crippen LogP contribution < -0.4 is 0 Å². The van der Waals surface area contributed by atoms with E-state index in [9.17, 15) is 0 Å². The minimum Gasteiger partial charge on any atom is -0.185 e. The average Bonchev–Trinajstić information content (AvgIpc) is 2.96. The molecular weight excluding hydrogens is 779 g/mol. The molecule has 1 heterocycles. The molecule has 0 bridgehead atoms. The minimum absolute atomic E-state index is 0.851. The quantitative estimate of drug-likeness (QED) is 0.153. The van der Waals surface area contributed by atoms with E-state index in [2.05, 4.69) is 149 Å². The van der Waals surface area contributed by atoms with Gasteiger partial charge in [0, 0.05) is 51.8 Å². The number of imidazole rings is 1. The summed E-state index contributed by atoms with van der Waals surface area (Å²) in [5, 5.41) is 0. The number of aryl methyl sites for hydroxylation is 1. The van der Waals surface area contributed by atoms with Gasteiger partial charge in [0.1, 0.15) is 0 Å². The third-order valence-electron chi connectivity index (χ3n) is 5.44. The van der Waals surface area contributed by atoms with E-state index in [1.54, 1.807) is 0 Å². The summed E-state index contributed by atoms with van der Waals surface area (Å²) in [6.07, 6.45) is 10.8. The van der Waals surface area contributed by atoms with Crippen LogP contribution in [0.1, 0.15) is 44.1 Å². The molecule has 0 spiro atoms. The molecule has 1 aliphatic carbocycles. The summed E-state index contributed by atoms with van der Waals surface area (Å²) >= 11 is 7.19. The van der Waals surface area contributed by atoms with Crippen LogP contribution in [-0.2, 0) is 32.9 Å². The molecule has 0 unspecified atom stereocenters. The maximum Gasteiger partial charge on any atom is 0.0311 e. The second-order valence-electron chi connectivity index (χ2n) is 7.71. The van der Waals surface area contributed by atoms with Crippen molar-refractivity contribution in [3.05, 3.63) is 76.2 Å². The van der Waals surface area contributed by atoms with E-state index in [1.807, 2.05) is 0 Å². The SMILES string of the molecule is Cn1cc(-c2ccccc2)n(Cc2ccccc2)[c]1=[Pt].IN(I)C1CCCCCC1. The van der Waals surface area contributed by atoms with E-state index in [1.165, 1.54) is 59.2 Å². The van der Waals surface area contributed by atoms with E-state index in [0.29, 0.717) is 0 Å². The Labute approximate surface area is 219 Å². The predicted molar refractivity (Wildman–Crippen MR) is 139 cm³/mol. The van der Waals surface area contributed by atoms with Gasteiger partial charge < -0.3 is 0 Å². The van der Waals surface area contributed by atoms with Crippen molar-refractivity contribution in [2.45, 2.75) is 51.1 Å². The largest absolute Gasteiger partial charge is 0.185 e. The van der Waals surface area contributed by atoms with Crippen LogP contribution >= 0.6 is 45.7 Å². The molecule has 6 heteroatoms. The van der Waals surface area contributed by atoms with E-state index in [0.717, 1.165) is 12.6 Å². The molecule has 1 fully saturated rings. The third kappa shape index (κ3) is 7.14. The van der Waals surface area contributed by atoms with Crippen LogP contribution in [0.25, 0.3) is 11.3 Å². The first-order valence-corrected chi connectivity index (χ1v) is 13.5. The Morgan fingerprint density at radius 1 is 0.900 bits per heavy atom. The monoisotopic (exact) mass is 808 g/mol. The Hall–Kier alpha value is -0.242. The summed E-state index contributed by atoms with van der Waals surface area (Å²) in [6.45, 7) is 0.894. The summed E-state index contributed by atoms with van der Waals surface area (Å²) in [5.41, 5.74) is 3.82. The molecule has 0 aliphatic heterocycles. The third-order valence-corrected chi connectivity index (χ3v) is 8.43. The van der Waals surface area contributed by atoms with Crippen molar-refractivity contribution in [1.82, 2.24) is 10.5 Å². The van der Waals surface area contributed by atoms with Crippen LogP contribution in [-0.4, -0.2) is 16.5 Å². The number of nitrogens with zero attached hydrogens (tertiary/aromatic N) is 3. The van der Waals surface area contributed by atoms with Gasteiger partial charge in [0.15, 0.2) is 0 Å². The maximum atomic E-state index is 2.40. The molecule has 0 N–H and O–H groups in total. The van der Waals surface area contributed by atoms with Crippen molar-refractivity contribution in [2.24, 2.45) is 7.05 Å². The fraction of sp³-hybridized carbons (Fsp3) is 0.375. The zero-order chi connectivity index (χ0) is 21.3. The second-order valence-corrected chi connectivity index (χ2v) is 12.7. The van der Waals surface area contributed by atoms with Gasteiger partial charge in [0.05, 0.1) is 0 Å². The van der Waals surface area contributed by atoms with Gasteiger partial charge >= 0.3 is 130 Å². The fourth-order valence-corrected chi connectivity index (χ4v) is 5.50. The first-order valence-electron chi connectivity index (χ1n) is 10.5. The molecule has 0 saturated heterocycles. The Bertz CT molecular complexity index is 944. The molecule has 3 nitrogen and oxygen atoms in total. The van der Waals surface area contributed by atoms with Gasteiger partial charge in [-0.1, -0.05) is 25.7 Å². The van der Waals surface area contributed by atoms with Crippen molar-refractivity contribution in [3.8, 4) is 11.3 Å². The molecule has 164 valence electrons. The van der Waals surface area contributed by atoms with Gasteiger partial charge in [-0.05, 0) is 12.8 Å².